The zero-order valence-corrected chi connectivity index (χ0v) is 20.9. The molecule has 3 rings (SSSR count). The molecule has 0 aromatic heterocycles. The number of ether oxygens (including phenoxy) is 1. The smallest absolute Gasteiger partial charge is 0.261 e. The Morgan fingerprint density at radius 2 is 1.88 bits per heavy atom. The van der Waals surface area contributed by atoms with Gasteiger partial charge in [-0.2, -0.15) is 0 Å². The van der Waals surface area contributed by atoms with Gasteiger partial charge in [-0.25, -0.2) is 4.39 Å². The molecule has 2 amide bonds. The Hall–Kier alpha value is -2.89. The summed E-state index contributed by atoms with van der Waals surface area (Å²) < 4.78 is 20.3. The third kappa shape index (κ3) is 6.37. The fourth-order valence-electron chi connectivity index (χ4n) is 4.34. The van der Waals surface area contributed by atoms with E-state index in [1.54, 1.807) is 6.07 Å². The van der Waals surface area contributed by atoms with Gasteiger partial charge < -0.3 is 15.0 Å². The van der Waals surface area contributed by atoms with Gasteiger partial charge in [-0.3, -0.25) is 9.59 Å². The van der Waals surface area contributed by atoms with E-state index >= 15 is 0 Å². The predicted molar refractivity (Wildman–Crippen MR) is 132 cm³/mol. The number of hydrogen-bond acceptors (Lipinski definition) is 3. The Balaban J connectivity index is 1.95. The molecular formula is C28H37FN2O3. The normalized spacial score (nSPS) is 16.4. The predicted octanol–water partition coefficient (Wildman–Crippen LogP) is 5.28. The van der Waals surface area contributed by atoms with Crippen molar-refractivity contribution in [2.24, 2.45) is 11.8 Å². The second kappa shape index (κ2) is 11.5. The number of halogens is 1. The molecule has 0 saturated carbocycles. The molecule has 0 spiro atoms. The maximum atomic E-state index is 14.2. The van der Waals surface area contributed by atoms with Gasteiger partial charge in [0.2, 0.25) is 5.91 Å². The number of amides is 2. The minimum absolute atomic E-state index is 0.0562. The molecule has 0 radical (unpaired) electrons. The second-order valence-electron chi connectivity index (χ2n) is 9.91. The van der Waals surface area contributed by atoms with E-state index in [0.29, 0.717) is 37.6 Å². The Morgan fingerprint density at radius 3 is 2.53 bits per heavy atom. The average molecular weight is 469 g/mol. The first-order chi connectivity index (χ1) is 16.2. The third-order valence-electron chi connectivity index (χ3n) is 6.04. The highest BCUT2D eigenvalue weighted by atomic mass is 19.1. The lowest BCUT2D eigenvalue weighted by Crippen LogP contribution is -2.41. The van der Waals surface area contributed by atoms with Crippen molar-refractivity contribution in [2.75, 3.05) is 13.1 Å². The van der Waals surface area contributed by atoms with Gasteiger partial charge in [-0.1, -0.05) is 52.8 Å². The summed E-state index contributed by atoms with van der Waals surface area (Å²) in [6.07, 6.45) is 1.09. The van der Waals surface area contributed by atoms with Gasteiger partial charge in [-0.15, -0.1) is 0 Å². The molecule has 34 heavy (non-hydrogen) atoms. The van der Waals surface area contributed by atoms with Crippen LogP contribution in [-0.2, 0) is 16.0 Å². The molecule has 1 N–H and O–H groups in total. The van der Waals surface area contributed by atoms with Crippen LogP contribution in [0.1, 0.15) is 70.2 Å². The molecule has 1 aliphatic rings. The number of benzene rings is 2. The minimum atomic E-state index is -0.605. The highest BCUT2D eigenvalue weighted by Crippen LogP contribution is 2.38. The Labute approximate surface area is 202 Å². The van der Waals surface area contributed by atoms with Crippen molar-refractivity contribution in [2.45, 2.75) is 66.0 Å². The van der Waals surface area contributed by atoms with E-state index in [1.165, 1.54) is 12.1 Å². The largest absolute Gasteiger partial charge is 0.481 e. The van der Waals surface area contributed by atoms with Crippen molar-refractivity contribution in [1.82, 2.24) is 10.2 Å². The molecule has 1 aliphatic heterocycles. The van der Waals surface area contributed by atoms with Crippen LogP contribution >= 0.6 is 0 Å². The Morgan fingerprint density at radius 1 is 1.12 bits per heavy atom. The Bertz CT molecular complexity index is 1000. The number of nitrogens with zero attached hydrogens (tertiary/aromatic N) is 1. The number of carbonyl (C=O) groups is 2. The maximum absolute atomic E-state index is 14.2. The van der Waals surface area contributed by atoms with Crippen molar-refractivity contribution in [3.63, 3.8) is 0 Å². The number of nitrogens with one attached hydrogen (secondary N) is 1. The minimum Gasteiger partial charge on any atom is -0.481 e. The number of hydrogen-bond donors (Lipinski definition) is 1. The van der Waals surface area contributed by atoms with Gasteiger partial charge in [0.05, 0.1) is 6.04 Å². The molecule has 2 unspecified atom stereocenters. The first-order valence-electron chi connectivity index (χ1n) is 12.3. The summed E-state index contributed by atoms with van der Waals surface area (Å²) in [5, 5.41) is 2.94. The van der Waals surface area contributed by atoms with Crippen LogP contribution in [0, 0.1) is 17.7 Å². The van der Waals surface area contributed by atoms with E-state index in [2.05, 4.69) is 5.32 Å². The van der Waals surface area contributed by atoms with Crippen LogP contribution in [0.25, 0.3) is 0 Å². The van der Waals surface area contributed by atoms with Crippen molar-refractivity contribution >= 4 is 11.8 Å². The summed E-state index contributed by atoms with van der Waals surface area (Å²) in [4.78, 5) is 27.6. The molecule has 2 aromatic rings. The quantitative estimate of drug-likeness (QED) is 0.545. The van der Waals surface area contributed by atoms with E-state index in [-0.39, 0.29) is 23.5 Å². The lowest BCUT2D eigenvalue weighted by molar-refractivity contribution is -0.134. The first-order valence-corrected chi connectivity index (χ1v) is 12.3. The summed E-state index contributed by atoms with van der Waals surface area (Å²) in [6, 6.07) is 11.8. The molecule has 184 valence electrons. The van der Waals surface area contributed by atoms with Crippen LogP contribution in [0.3, 0.4) is 0 Å². The van der Waals surface area contributed by atoms with E-state index in [0.717, 1.165) is 23.1 Å². The van der Waals surface area contributed by atoms with E-state index in [4.69, 9.17) is 4.74 Å². The lowest BCUT2D eigenvalue weighted by Gasteiger charge is -2.38. The summed E-state index contributed by atoms with van der Waals surface area (Å²) in [5.41, 5.74) is 2.76. The standard InChI is InChI=1S/C28H37FN2O3/c1-6-25(28(33)30-17-19(4)5)34-23-11-10-20-12-13-31(26(32)14-18(2)3)27(24(20)16-23)21-8-7-9-22(29)15-21/h7-11,15-16,18-19,25,27H,6,12-14,17H2,1-5H3,(H,30,33). The highest BCUT2D eigenvalue weighted by molar-refractivity contribution is 5.81. The SMILES string of the molecule is CCC(Oc1ccc2c(c1)C(c1cccc(F)c1)N(C(=O)CC(C)C)CC2)C(=O)NCC(C)C. The van der Waals surface area contributed by atoms with Crippen molar-refractivity contribution < 1.29 is 18.7 Å². The van der Waals surface area contributed by atoms with E-state index in [9.17, 15) is 14.0 Å². The average Bonchev–Trinajstić information content (AvgIpc) is 2.79. The highest BCUT2D eigenvalue weighted by Gasteiger charge is 2.33. The topological polar surface area (TPSA) is 58.6 Å². The van der Waals surface area contributed by atoms with Crippen LogP contribution in [0.4, 0.5) is 4.39 Å². The zero-order valence-electron chi connectivity index (χ0n) is 20.9. The van der Waals surface area contributed by atoms with Crippen LogP contribution in [-0.4, -0.2) is 35.9 Å². The summed E-state index contributed by atoms with van der Waals surface area (Å²) >= 11 is 0. The molecule has 2 atom stereocenters. The van der Waals surface area contributed by atoms with Crippen molar-refractivity contribution in [3.05, 3.63) is 65.0 Å². The maximum Gasteiger partial charge on any atom is 0.261 e. The summed E-state index contributed by atoms with van der Waals surface area (Å²) in [7, 11) is 0. The van der Waals surface area contributed by atoms with Gasteiger partial charge in [0.15, 0.2) is 6.10 Å². The molecule has 0 bridgehead atoms. The van der Waals surface area contributed by atoms with Crippen LogP contribution in [0.2, 0.25) is 0 Å². The molecule has 6 heteroatoms. The molecule has 0 fully saturated rings. The van der Waals surface area contributed by atoms with Gasteiger partial charge in [0, 0.05) is 19.5 Å². The van der Waals surface area contributed by atoms with Gasteiger partial charge in [-0.05, 0) is 65.6 Å². The molecule has 1 heterocycles. The number of carbonyl (C=O) groups excluding carboxylic acids is 2. The fourth-order valence-corrected chi connectivity index (χ4v) is 4.34. The molecule has 2 aromatic carbocycles. The fraction of sp³-hybridized carbons (Fsp3) is 0.500. The van der Waals surface area contributed by atoms with Gasteiger partial charge in [0.25, 0.3) is 5.91 Å². The lowest BCUT2D eigenvalue weighted by atomic mass is 9.87. The molecule has 0 aliphatic carbocycles. The molecule has 0 saturated heterocycles. The van der Waals surface area contributed by atoms with E-state index in [1.807, 2.05) is 63.8 Å². The monoisotopic (exact) mass is 468 g/mol. The number of rotatable bonds is 9. The van der Waals surface area contributed by atoms with Gasteiger partial charge >= 0.3 is 0 Å². The second-order valence-corrected chi connectivity index (χ2v) is 9.91. The molecular weight excluding hydrogens is 431 g/mol. The summed E-state index contributed by atoms with van der Waals surface area (Å²) in [6.45, 7) is 11.2. The molecule has 5 nitrogen and oxygen atoms in total. The van der Waals surface area contributed by atoms with Crippen molar-refractivity contribution in [1.29, 1.82) is 0 Å². The Kier molecular flexibility index (Phi) is 8.70. The van der Waals surface area contributed by atoms with Crippen LogP contribution < -0.4 is 10.1 Å². The summed E-state index contributed by atoms with van der Waals surface area (Å²) in [5.74, 6) is 0.744. The van der Waals surface area contributed by atoms with Crippen LogP contribution in [0.15, 0.2) is 42.5 Å². The third-order valence-corrected chi connectivity index (χ3v) is 6.04. The van der Waals surface area contributed by atoms with Crippen molar-refractivity contribution in [3.8, 4) is 5.75 Å². The van der Waals surface area contributed by atoms with Gasteiger partial charge in [0.1, 0.15) is 11.6 Å². The van der Waals surface area contributed by atoms with Crippen LogP contribution in [0.5, 0.6) is 5.75 Å². The zero-order chi connectivity index (χ0) is 24.8. The number of fused-ring (bicyclic) bond motifs is 1. The first kappa shape index (κ1) is 25.7. The van der Waals surface area contributed by atoms with E-state index < -0.39 is 12.1 Å².